The number of nitrogens with one attached hydrogen (secondary N) is 1. The van der Waals surface area contributed by atoms with Gasteiger partial charge < -0.3 is 5.32 Å². The summed E-state index contributed by atoms with van der Waals surface area (Å²) in [6.07, 6.45) is 1.99. The van der Waals surface area contributed by atoms with Gasteiger partial charge in [0.2, 0.25) is 10.0 Å². The summed E-state index contributed by atoms with van der Waals surface area (Å²) in [4.78, 5) is 14.0. The molecule has 7 heteroatoms. The second kappa shape index (κ2) is 6.60. The van der Waals surface area contributed by atoms with E-state index >= 15 is 0 Å². The van der Waals surface area contributed by atoms with Crippen LogP contribution in [0.3, 0.4) is 0 Å². The molecule has 0 saturated carbocycles. The minimum atomic E-state index is -3.72. The predicted molar refractivity (Wildman–Crippen MR) is 88.8 cm³/mol. The lowest BCUT2D eigenvalue weighted by molar-refractivity contribution is 0.103. The Kier molecular flexibility index (Phi) is 5.00. The largest absolute Gasteiger partial charge is 0.321 e. The Balaban J connectivity index is 2.13. The summed E-state index contributed by atoms with van der Waals surface area (Å²) in [5.74, 6) is -0.196. The third kappa shape index (κ3) is 3.94. The number of carbonyl (C=O) groups is 1. The van der Waals surface area contributed by atoms with E-state index in [2.05, 4.69) is 12.2 Å². The van der Waals surface area contributed by atoms with Gasteiger partial charge in [0.05, 0.1) is 9.77 Å². The molecular weight excluding hydrogens is 320 g/mol. The van der Waals surface area contributed by atoms with Crippen LogP contribution in [0.5, 0.6) is 0 Å². The van der Waals surface area contributed by atoms with E-state index in [0.717, 1.165) is 17.7 Å². The van der Waals surface area contributed by atoms with E-state index in [1.54, 1.807) is 0 Å². The molecule has 0 bridgehead atoms. The van der Waals surface area contributed by atoms with E-state index in [9.17, 15) is 13.2 Å². The van der Waals surface area contributed by atoms with Crippen LogP contribution in [0.1, 0.15) is 33.5 Å². The molecule has 5 nitrogen and oxygen atoms in total. The molecule has 2 aromatic rings. The van der Waals surface area contributed by atoms with Crippen LogP contribution in [0.25, 0.3) is 0 Å². The molecule has 3 N–H and O–H groups in total. The number of thiophene rings is 1. The number of carbonyl (C=O) groups excluding carboxylic acids is 1. The van der Waals surface area contributed by atoms with Crippen molar-refractivity contribution in [3.63, 3.8) is 0 Å². The first kappa shape index (κ1) is 16.7. The van der Waals surface area contributed by atoms with Crippen molar-refractivity contribution in [1.82, 2.24) is 0 Å². The monoisotopic (exact) mass is 338 g/mol. The van der Waals surface area contributed by atoms with Crippen LogP contribution in [0.15, 0.2) is 35.2 Å². The molecule has 22 heavy (non-hydrogen) atoms. The number of hydrogen-bond donors (Lipinski definition) is 2. The zero-order valence-electron chi connectivity index (χ0n) is 12.4. The number of aryl methyl sites for hydroxylation is 2. The molecule has 0 unspecified atom stereocenters. The third-order valence-electron chi connectivity index (χ3n) is 3.20. The number of hydrogen-bond acceptors (Lipinski definition) is 4. The topological polar surface area (TPSA) is 89.3 Å². The molecule has 1 heterocycles. The van der Waals surface area contributed by atoms with E-state index in [4.69, 9.17) is 5.14 Å². The van der Waals surface area contributed by atoms with Gasteiger partial charge in [-0.1, -0.05) is 13.3 Å². The molecule has 1 aromatic heterocycles. The molecule has 0 aliphatic carbocycles. The van der Waals surface area contributed by atoms with Gasteiger partial charge >= 0.3 is 0 Å². The van der Waals surface area contributed by atoms with Crippen molar-refractivity contribution in [2.24, 2.45) is 5.14 Å². The number of anilines is 1. The summed E-state index contributed by atoms with van der Waals surface area (Å²) >= 11 is 1.46. The number of primary sulfonamides is 1. The van der Waals surface area contributed by atoms with Gasteiger partial charge in [-0.25, -0.2) is 13.6 Å². The number of amides is 1. The Morgan fingerprint density at radius 3 is 2.45 bits per heavy atom. The van der Waals surface area contributed by atoms with E-state index in [-0.39, 0.29) is 10.8 Å². The number of rotatable bonds is 5. The Labute approximate surface area is 134 Å². The molecule has 2 rings (SSSR count). The normalized spacial score (nSPS) is 11.4. The highest BCUT2D eigenvalue weighted by Gasteiger charge is 2.13. The fourth-order valence-corrected chi connectivity index (χ4v) is 3.55. The number of benzene rings is 1. The molecule has 0 aliphatic rings. The van der Waals surface area contributed by atoms with Crippen molar-refractivity contribution >= 4 is 33.0 Å². The zero-order chi connectivity index (χ0) is 16.3. The minimum Gasteiger partial charge on any atom is -0.321 e. The van der Waals surface area contributed by atoms with Crippen LogP contribution in [0, 0.1) is 6.92 Å². The van der Waals surface area contributed by atoms with Crippen molar-refractivity contribution in [2.45, 2.75) is 31.6 Å². The summed E-state index contributed by atoms with van der Waals surface area (Å²) < 4.78 is 22.4. The van der Waals surface area contributed by atoms with Crippen molar-refractivity contribution in [2.75, 3.05) is 5.32 Å². The quantitative estimate of drug-likeness (QED) is 0.878. The van der Waals surface area contributed by atoms with Crippen LogP contribution < -0.4 is 10.5 Å². The zero-order valence-corrected chi connectivity index (χ0v) is 14.1. The highest BCUT2D eigenvalue weighted by Crippen LogP contribution is 2.24. The maximum atomic E-state index is 12.2. The molecule has 118 valence electrons. The highest BCUT2D eigenvalue weighted by atomic mass is 32.2. The average Bonchev–Trinajstić information content (AvgIpc) is 2.80. The summed E-state index contributed by atoms with van der Waals surface area (Å²) in [7, 11) is -3.72. The van der Waals surface area contributed by atoms with Gasteiger partial charge in [-0.2, -0.15) is 0 Å². The van der Waals surface area contributed by atoms with E-state index < -0.39 is 10.0 Å². The maximum absolute atomic E-state index is 12.2. The van der Waals surface area contributed by atoms with Gasteiger partial charge in [0.25, 0.3) is 5.91 Å². The maximum Gasteiger partial charge on any atom is 0.265 e. The fraction of sp³-hybridized carbons (Fsp3) is 0.267. The number of sulfonamides is 1. The van der Waals surface area contributed by atoms with Crippen LogP contribution in [-0.2, 0) is 16.4 Å². The van der Waals surface area contributed by atoms with Crippen LogP contribution in [0.4, 0.5) is 5.69 Å². The lowest BCUT2D eigenvalue weighted by Gasteiger charge is -2.04. The molecule has 0 spiro atoms. The first-order chi connectivity index (χ1) is 10.3. The van der Waals surface area contributed by atoms with Crippen LogP contribution in [-0.4, -0.2) is 14.3 Å². The highest BCUT2D eigenvalue weighted by molar-refractivity contribution is 7.89. The molecular formula is C15H18N2O3S2. The standard InChI is InChI=1S/C15H18N2O3S2/c1-3-4-11-9-14(21-10(11)2)15(18)17-12-5-7-13(8-6-12)22(16,19)20/h5-9H,3-4H2,1-2H3,(H,17,18)(H2,16,19,20). The van der Waals surface area contributed by atoms with Gasteiger partial charge in [-0.15, -0.1) is 11.3 Å². The Morgan fingerprint density at radius 1 is 1.27 bits per heavy atom. The first-order valence-corrected chi connectivity index (χ1v) is 9.21. The lowest BCUT2D eigenvalue weighted by Crippen LogP contribution is -2.13. The van der Waals surface area contributed by atoms with Crippen molar-refractivity contribution in [3.8, 4) is 0 Å². The van der Waals surface area contributed by atoms with Crippen LogP contribution in [0.2, 0.25) is 0 Å². The SMILES string of the molecule is CCCc1cc(C(=O)Nc2ccc(S(N)(=O)=O)cc2)sc1C. The van der Waals surface area contributed by atoms with Crippen molar-refractivity contribution in [1.29, 1.82) is 0 Å². The minimum absolute atomic E-state index is 0.0164. The summed E-state index contributed by atoms with van der Waals surface area (Å²) in [6.45, 7) is 4.11. The second-order valence-electron chi connectivity index (χ2n) is 4.97. The summed E-state index contributed by atoms with van der Waals surface area (Å²) in [5, 5.41) is 7.79. The van der Waals surface area contributed by atoms with Crippen LogP contribution >= 0.6 is 11.3 Å². The fourth-order valence-electron chi connectivity index (χ4n) is 2.07. The lowest BCUT2D eigenvalue weighted by atomic mass is 10.1. The van der Waals surface area contributed by atoms with Gasteiger partial charge in [0.1, 0.15) is 0 Å². The summed E-state index contributed by atoms with van der Waals surface area (Å²) in [5.41, 5.74) is 1.72. The predicted octanol–water partition coefficient (Wildman–Crippen LogP) is 2.91. The molecule has 0 aliphatic heterocycles. The van der Waals surface area contributed by atoms with E-state index in [1.165, 1.54) is 41.2 Å². The molecule has 0 saturated heterocycles. The number of nitrogens with two attached hydrogens (primary N) is 1. The second-order valence-corrected chi connectivity index (χ2v) is 7.78. The van der Waals surface area contributed by atoms with Crippen molar-refractivity contribution < 1.29 is 13.2 Å². The molecule has 1 amide bonds. The Morgan fingerprint density at radius 2 is 1.91 bits per heavy atom. The Hall–Kier alpha value is -1.70. The third-order valence-corrected chi connectivity index (χ3v) is 5.23. The smallest absolute Gasteiger partial charge is 0.265 e. The molecule has 1 aromatic carbocycles. The van der Waals surface area contributed by atoms with Crippen molar-refractivity contribution in [3.05, 3.63) is 45.6 Å². The first-order valence-electron chi connectivity index (χ1n) is 6.84. The average molecular weight is 338 g/mol. The van der Waals surface area contributed by atoms with Gasteiger partial charge in [0, 0.05) is 10.6 Å². The molecule has 0 fully saturated rings. The Bertz CT molecular complexity index is 778. The molecule has 0 radical (unpaired) electrons. The van der Waals surface area contributed by atoms with Gasteiger partial charge in [-0.3, -0.25) is 4.79 Å². The van der Waals surface area contributed by atoms with Gasteiger partial charge in [0.15, 0.2) is 0 Å². The van der Waals surface area contributed by atoms with Gasteiger partial charge in [-0.05, 0) is 49.2 Å². The summed E-state index contributed by atoms with van der Waals surface area (Å²) in [6, 6.07) is 7.69. The van der Waals surface area contributed by atoms with E-state index in [1.807, 2.05) is 13.0 Å². The van der Waals surface area contributed by atoms with E-state index in [0.29, 0.717) is 10.6 Å². The molecule has 0 atom stereocenters.